The number of methoxy groups -OCH3 is 1. The van der Waals surface area contributed by atoms with E-state index in [0.29, 0.717) is 13.0 Å². The molecule has 1 saturated heterocycles. The fraction of sp³-hybridized carbons (Fsp3) is 0.500. The smallest absolute Gasteiger partial charge is 0.221 e. The second-order valence-electron chi connectivity index (χ2n) is 6.63. The quantitative estimate of drug-likeness (QED) is 0.871. The van der Waals surface area contributed by atoms with Gasteiger partial charge in [-0.05, 0) is 38.4 Å². The predicted molar refractivity (Wildman–Crippen MR) is 95.2 cm³/mol. The van der Waals surface area contributed by atoms with Crippen molar-refractivity contribution in [3.63, 3.8) is 0 Å². The van der Waals surface area contributed by atoms with Crippen LogP contribution < -0.4 is 10.1 Å². The van der Waals surface area contributed by atoms with Crippen molar-refractivity contribution >= 4 is 16.8 Å². The number of aromatic nitrogens is 1. The molecule has 0 spiro atoms. The van der Waals surface area contributed by atoms with E-state index in [1.165, 1.54) is 0 Å². The van der Waals surface area contributed by atoms with E-state index in [1.807, 2.05) is 18.2 Å². The molecule has 0 bridgehead atoms. The largest absolute Gasteiger partial charge is 0.497 e. The van der Waals surface area contributed by atoms with Crippen LogP contribution in [-0.4, -0.2) is 67.6 Å². The summed E-state index contributed by atoms with van der Waals surface area (Å²) in [5.74, 6) is 0.930. The zero-order valence-corrected chi connectivity index (χ0v) is 14.6. The zero-order chi connectivity index (χ0) is 17.1. The number of aromatic amines is 1. The van der Waals surface area contributed by atoms with Gasteiger partial charge in [0, 0.05) is 48.7 Å². The third kappa shape index (κ3) is 3.88. The predicted octanol–water partition coefficient (Wildman–Crippen LogP) is 1.43. The first-order valence-electron chi connectivity index (χ1n) is 8.36. The van der Waals surface area contributed by atoms with Crippen LogP contribution in [0.15, 0.2) is 24.3 Å². The Kier molecular flexibility index (Phi) is 5.06. The van der Waals surface area contributed by atoms with Crippen LogP contribution in [0.1, 0.15) is 12.1 Å². The van der Waals surface area contributed by atoms with Crippen LogP contribution in [0.5, 0.6) is 5.75 Å². The molecular weight excluding hydrogens is 304 g/mol. The van der Waals surface area contributed by atoms with E-state index < -0.39 is 0 Å². The summed E-state index contributed by atoms with van der Waals surface area (Å²) in [4.78, 5) is 20.1. The molecule has 2 aromatic rings. The summed E-state index contributed by atoms with van der Waals surface area (Å²) < 4.78 is 5.24. The fourth-order valence-corrected chi connectivity index (χ4v) is 3.19. The molecule has 1 fully saturated rings. The highest BCUT2D eigenvalue weighted by atomic mass is 16.5. The van der Waals surface area contributed by atoms with Crippen molar-refractivity contribution in [2.45, 2.75) is 19.0 Å². The van der Waals surface area contributed by atoms with Crippen LogP contribution in [0.4, 0.5) is 0 Å². The molecule has 24 heavy (non-hydrogen) atoms. The maximum absolute atomic E-state index is 12.3. The van der Waals surface area contributed by atoms with E-state index in [2.05, 4.69) is 40.3 Å². The molecule has 2 N–H and O–H groups in total. The first-order valence-corrected chi connectivity index (χ1v) is 8.36. The fourth-order valence-electron chi connectivity index (χ4n) is 3.19. The number of rotatable bonds is 5. The zero-order valence-electron chi connectivity index (χ0n) is 14.6. The lowest BCUT2D eigenvalue weighted by atomic mass is 10.1. The molecule has 130 valence electrons. The summed E-state index contributed by atoms with van der Waals surface area (Å²) in [7, 11) is 5.86. The Hall–Kier alpha value is -2.05. The van der Waals surface area contributed by atoms with Gasteiger partial charge in [-0.15, -0.1) is 0 Å². The Balaban J connectivity index is 1.56. The summed E-state index contributed by atoms with van der Waals surface area (Å²) >= 11 is 0. The number of hydrogen-bond donors (Lipinski definition) is 2. The van der Waals surface area contributed by atoms with Crippen LogP contribution >= 0.6 is 0 Å². The Morgan fingerprint density at radius 1 is 1.33 bits per heavy atom. The summed E-state index contributed by atoms with van der Waals surface area (Å²) in [6.07, 6.45) is 0.537. The maximum Gasteiger partial charge on any atom is 0.221 e. The number of nitrogens with one attached hydrogen (secondary N) is 2. The number of amides is 1. The minimum absolute atomic E-state index is 0.0957. The van der Waals surface area contributed by atoms with Crippen molar-refractivity contribution in [1.82, 2.24) is 20.1 Å². The number of fused-ring (bicyclic) bond motifs is 1. The number of H-pyrrole nitrogens is 1. The summed E-state index contributed by atoms with van der Waals surface area (Å²) in [5, 5.41) is 4.11. The van der Waals surface area contributed by atoms with Crippen LogP contribution in [0.25, 0.3) is 10.9 Å². The Labute approximate surface area is 142 Å². The second kappa shape index (κ2) is 7.23. The SMILES string of the molecule is COc1ccc2[nH]c(CNC(=O)CC3CN(C)CCN3C)cc2c1. The number of hydrogen-bond acceptors (Lipinski definition) is 4. The summed E-state index contributed by atoms with van der Waals surface area (Å²) in [6, 6.07) is 8.25. The first kappa shape index (κ1) is 16.8. The average molecular weight is 330 g/mol. The molecule has 6 nitrogen and oxygen atoms in total. The van der Waals surface area contributed by atoms with E-state index >= 15 is 0 Å². The van der Waals surface area contributed by atoms with Gasteiger partial charge in [0.25, 0.3) is 0 Å². The maximum atomic E-state index is 12.3. The highest BCUT2D eigenvalue weighted by molar-refractivity contribution is 5.82. The molecule has 1 aliphatic rings. The Morgan fingerprint density at radius 2 is 2.17 bits per heavy atom. The van der Waals surface area contributed by atoms with Crippen molar-refractivity contribution in [1.29, 1.82) is 0 Å². The van der Waals surface area contributed by atoms with Gasteiger partial charge < -0.3 is 24.8 Å². The molecule has 1 aromatic heterocycles. The Bertz CT molecular complexity index is 712. The van der Waals surface area contributed by atoms with Crippen LogP contribution in [0.2, 0.25) is 0 Å². The van der Waals surface area contributed by atoms with E-state index in [9.17, 15) is 4.79 Å². The monoisotopic (exact) mass is 330 g/mol. The van der Waals surface area contributed by atoms with Gasteiger partial charge in [-0.3, -0.25) is 4.79 Å². The van der Waals surface area contributed by atoms with Gasteiger partial charge in [-0.25, -0.2) is 0 Å². The highest BCUT2D eigenvalue weighted by Crippen LogP contribution is 2.21. The van der Waals surface area contributed by atoms with Crippen molar-refractivity contribution in [3.05, 3.63) is 30.0 Å². The van der Waals surface area contributed by atoms with Gasteiger partial charge in [-0.2, -0.15) is 0 Å². The second-order valence-corrected chi connectivity index (χ2v) is 6.63. The van der Waals surface area contributed by atoms with Crippen molar-refractivity contribution in [2.24, 2.45) is 0 Å². The van der Waals surface area contributed by atoms with Gasteiger partial charge >= 0.3 is 0 Å². The van der Waals surface area contributed by atoms with Gasteiger partial charge in [0.15, 0.2) is 0 Å². The minimum atomic E-state index is 0.0957. The van der Waals surface area contributed by atoms with Gasteiger partial charge in [0.2, 0.25) is 5.91 Å². The number of piperazine rings is 1. The topological polar surface area (TPSA) is 60.6 Å². The first-order chi connectivity index (χ1) is 11.5. The normalized spacial score (nSPS) is 19.5. The van der Waals surface area contributed by atoms with Crippen molar-refractivity contribution in [2.75, 3.05) is 40.8 Å². The molecule has 1 atom stereocenters. The summed E-state index contributed by atoms with van der Waals surface area (Å²) in [6.45, 7) is 3.53. The van der Waals surface area contributed by atoms with E-state index in [1.54, 1.807) is 7.11 Å². The number of carbonyl (C=O) groups excluding carboxylic acids is 1. The number of likely N-dealkylation sites (N-methyl/N-ethyl adjacent to an activating group) is 2. The number of nitrogens with zero attached hydrogens (tertiary/aromatic N) is 2. The summed E-state index contributed by atoms with van der Waals surface area (Å²) in [5.41, 5.74) is 2.05. The van der Waals surface area contributed by atoms with Gasteiger partial charge in [-0.1, -0.05) is 0 Å². The van der Waals surface area contributed by atoms with E-state index in [4.69, 9.17) is 4.74 Å². The van der Waals surface area contributed by atoms with Crippen LogP contribution in [0.3, 0.4) is 0 Å². The molecule has 1 amide bonds. The number of ether oxygens (including phenoxy) is 1. The molecule has 2 heterocycles. The minimum Gasteiger partial charge on any atom is -0.497 e. The molecule has 0 radical (unpaired) electrons. The molecular formula is C18H26N4O2. The standard InChI is InChI=1S/C18H26N4O2/c1-21-6-7-22(2)15(12-21)10-18(23)19-11-14-8-13-9-16(24-3)4-5-17(13)20-14/h4-5,8-9,15,20H,6-7,10-12H2,1-3H3,(H,19,23). The third-order valence-electron chi connectivity index (χ3n) is 4.76. The molecule has 1 aliphatic heterocycles. The number of carbonyl (C=O) groups is 1. The molecule has 6 heteroatoms. The molecule has 0 saturated carbocycles. The van der Waals surface area contributed by atoms with E-state index in [-0.39, 0.29) is 11.9 Å². The molecule has 3 rings (SSSR count). The van der Waals surface area contributed by atoms with Gasteiger partial charge in [0.05, 0.1) is 13.7 Å². The molecule has 1 unspecified atom stereocenters. The third-order valence-corrected chi connectivity index (χ3v) is 4.76. The van der Waals surface area contributed by atoms with Crippen molar-refractivity contribution < 1.29 is 9.53 Å². The molecule has 0 aliphatic carbocycles. The number of benzene rings is 1. The van der Waals surface area contributed by atoms with E-state index in [0.717, 1.165) is 42.0 Å². The lowest BCUT2D eigenvalue weighted by molar-refractivity contribution is -0.122. The van der Waals surface area contributed by atoms with Crippen molar-refractivity contribution in [3.8, 4) is 5.75 Å². The highest BCUT2D eigenvalue weighted by Gasteiger charge is 2.24. The Morgan fingerprint density at radius 3 is 2.96 bits per heavy atom. The van der Waals surface area contributed by atoms with Gasteiger partial charge in [0.1, 0.15) is 5.75 Å². The molecule has 1 aromatic carbocycles. The lowest BCUT2D eigenvalue weighted by Gasteiger charge is -2.37. The van der Waals surface area contributed by atoms with Crippen LogP contribution in [0, 0.1) is 0 Å². The van der Waals surface area contributed by atoms with Crippen LogP contribution in [-0.2, 0) is 11.3 Å². The average Bonchev–Trinajstić information content (AvgIpc) is 2.98. The lowest BCUT2D eigenvalue weighted by Crippen LogP contribution is -2.51.